The summed E-state index contributed by atoms with van der Waals surface area (Å²) in [6.07, 6.45) is 1.53. The van der Waals surface area contributed by atoms with E-state index in [1.165, 1.54) is 13.2 Å². The number of methoxy groups -OCH3 is 1. The van der Waals surface area contributed by atoms with Gasteiger partial charge in [0.15, 0.2) is 11.5 Å². The average Bonchev–Trinajstić information content (AvgIpc) is 2.48. The van der Waals surface area contributed by atoms with Crippen molar-refractivity contribution in [2.45, 2.75) is 0 Å². The summed E-state index contributed by atoms with van der Waals surface area (Å²) in [5.74, 6) is -0.774. The maximum Gasteiger partial charge on any atom is 0.336 e. The van der Waals surface area contributed by atoms with E-state index < -0.39 is 5.97 Å². The standard InChI is InChI=1S/C16H13BrO4/c1-21-14-9-10(8-13(17)15(14)18)7-12(16(19)20)11-5-3-2-4-6-11/h2-9,18H,1H3,(H,19,20)/b12-7-. The number of phenolic OH excluding ortho intramolecular Hbond substituents is 1. The Morgan fingerprint density at radius 3 is 2.48 bits per heavy atom. The number of aromatic hydroxyl groups is 1. The second kappa shape index (κ2) is 6.45. The lowest BCUT2D eigenvalue weighted by Crippen LogP contribution is -1.99. The third kappa shape index (κ3) is 3.44. The van der Waals surface area contributed by atoms with Gasteiger partial charge < -0.3 is 14.9 Å². The highest BCUT2D eigenvalue weighted by atomic mass is 79.9. The number of carbonyl (C=O) groups is 1. The van der Waals surface area contributed by atoms with E-state index in [1.807, 2.05) is 6.07 Å². The van der Waals surface area contributed by atoms with Crippen LogP contribution in [0.4, 0.5) is 0 Å². The molecule has 5 heteroatoms. The summed E-state index contributed by atoms with van der Waals surface area (Å²) in [4.78, 5) is 11.4. The summed E-state index contributed by atoms with van der Waals surface area (Å²) in [5.41, 5.74) is 1.38. The summed E-state index contributed by atoms with van der Waals surface area (Å²) in [6.45, 7) is 0. The van der Waals surface area contributed by atoms with Crippen LogP contribution in [0.15, 0.2) is 46.9 Å². The monoisotopic (exact) mass is 348 g/mol. The predicted octanol–water partition coefficient (Wildman–Crippen LogP) is 3.79. The number of halogens is 1. The number of aliphatic carboxylic acids is 1. The van der Waals surface area contributed by atoms with Gasteiger partial charge in [-0.2, -0.15) is 0 Å². The molecule has 0 unspecified atom stereocenters. The molecule has 0 aromatic heterocycles. The van der Waals surface area contributed by atoms with Crippen LogP contribution in [0.25, 0.3) is 11.6 Å². The Bertz CT molecular complexity index is 693. The molecule has 0 aliphatic heterocycles. The molecule has 0 aliphatic rings. The van der Waals surface area contributed by atoms with Gasteiger partial charge in [-0.15, -0.1) is 0 Å². The van der Waals surface area contributed by atoms with E-state index in [4.69, 9.17) is 4.74 Å². The number of hydrogen-bond donors (Lipinski definition) is 2. The van der Waals surface area contributed by atoms with Crippen molar-refractivity contribution in [2.75, 3.05) is 7.11 Å². The van der Waals surface area contributed by atoms with Crippen LogP contribution in [-0.2, 0) is 4.79 Å². The van der Waals surface area contributed by atoms with Gasteiger partial charge in [-0.1, -0.05) is 30.3 Å². The van der Waals surface area contributed by atoms with Gasteiger partial charge in [0.1, 0.15) is 0 Å². The molecule has 2 aromatic rings. The molecule has 0 heterocycles. The van der Waals surface area contributed by atoms with Gasteiger partial charge in [0.2, 0.25) is 0 Å². The Morgan fingerprint density at radius 1 is 1.24 bits per heavy atom. The van der Waals surface area contributed by atoms with E-state index in [0.717, 1.165) is 0 Å². The third-order valence-electron chi connectivity index (χ3n) is 2.90. The molecule has 0 saturated heterocycles. The first kappa shape index (κ1) is 15.1. The normalized spacial score (nSPS) is 11.2. The van der Waals surface area contributed by atoms with Crippen LogP contribution in [0.5, 0.6) is 11.5 Å². The molecule has 2 aromatic carbocycles. The summed E-state index contributed by atoms with van der Waals surface area (Å²) in [6, 6.07) is 12.0. The van der Waals surface area contributed by atoms with Crippen LogP contribution in [0.2, 0.25) is 0 Å². The van der Waals surface area contributed by atoms with Gasteiger partial charge in [0.05, 0.1) is 17.2 Å². The number of rotatable bonds is 4. The van der Waals surface area contributed by atoms with E-state index in [-0.39, 0.29) is 17.1 Å². The van der Waals surface area contributed by atoms with E-state index >= 15 is 0 Å². The molecule has 0 aliphatic carbocycles. The lowest BCUT2D eigenvalue weighted by molar-refractivity contribution is -0.130. The minimum Gasteiger partial charge on any atom is -0.503 e. The van der Waals surface area contributed by atoms with Gasteiger partial charge in [-0.25, -0.2) is 4.79 Å². The number of carboxylic acids is 1. The van der Waals surface area contributed by atoms with E-state index in [1.54, 1.807) is 36.4 Å². The third-order valence-corrected chi connectivity index (χ3v) is 3.50. The van der Waals surface area contributed by atoms with Crippen molar-refractivity contribution >= 4 is 33.5 Å². The quantitative estimate of drug-likeness (QED) is 0.651. The molecule has 21 heavy (non-hydrogen) atoms. The number of benzene rings is 2. The molecule has 0 atom stereocenters. The number of carboxylic acid groups (broad SMARTS) is 1. The number of hydrogen-bond acceptors (Lipinski definition) is 3. The van der Waals surface area contributed by atoms with Crippen LogP contribution < -0.4 is 4.74 Å². The summed E-state index contributed by atoms with van der Waals surface area (Å²) in [5, 5.41) is 19.2. The van der Waals surface area contributed by atoms with Crippen LogP contribution in [0, 0.1) is 0 Å². The molecule has 4 nitrogen and oxygen atoms in total. The van der Waals surface area contributed by atoms with Gasteiger partial charge in [-0.3, -0.25) is 0 Å². The molecule has 0 bridgehead atoms. The van der Waals surface area contributed by atoms with Crippen molar-refractivity contribution in [3.63, 3.8) is 0 Å². The lowest BCUT2D eigenvalue weighted by atomic mass is 10.0. The highest BCUT2D eigenvalue weighted by Crippen LogP contribution is 2.36. The summed E-state index contributed by atoms with van der Waals surface area (Å²) >= 11 is 3.21. The first-order valence-corrected chi connectivity index (χ1v) is 6.89. The Morgan fingerprint density at radius 2 is 1.90 bits per heavy atom. The van der Waals surface area contributed by atoms with Crippen molar-refractivity contribution in [2.24, 2.45) is 0 Å². The minimum atomic E-state index is -1.02. The van der Waals surface area contributed by atoms with E-state index in [9.17, 15) is 15.0 Å². The maximum atomic E-state index is 11.4. The maximum absolute atomic E-state index is 11.4. The van der Waals surface area contributed by atoms with Crippen molar-refractivity contribution in [1.82, 2.24) is 0 Å². The zero-order valence-electron chi connectivity index (χ0n) is 11.2. The Kier molecular flexibility index (Phi) is 4.65. The fraction of sp³-hybridized carbons (Fsp3) is 0.0625. The van der Waals surface area contributed by atoms with Crippen LogP contribution in [0.1, 0.15) is 11.1 Å². The van der Waals surface area contributed by atoms with Gasteiger partial charge in [0.25, 0.3) is 0 Å². The van der Waals surface area contributed by atoms with Crippen molar-refractivity contribution < 1.29 is 19.7 Å². The smallest absolute Gasteiger partial charge is 0.336 e. The minimum absolute atomic E-state index is 0.0220. The zero-order chi connectivity index (χ0) is 15.4. The molecule has 2 rings (SSSR count). The summed E-state index contributed by atoms with van der Waals surface area (Å²) in [7, 11) is 1.43. The SMILES string of the molecule is COc1cc(/C=C(\C(=O)O)c2ccccc2)cc(Br)c1O. The van der Waals surface area contributed by atoms with Gasteiger partial charge in [0, 0.05) is 0 Å². The van der Waals surface area contributed by atoms with Crippen LogP contribution in [-0.4, -0.2) is 23.3 Å². The average molecular weight is 349 g/mol. The highest BCUT2D eigenvalue weighted by Gasteiger charge is 2.12. The number of phenols is 1. The lowest BCUT2D eigenvalue weighted by Gasteiger charge is -2.08. The van der Waals surface area contributed by atoms with Crippen LogP contribution in [0.3, 0.4) is 0 Å². The molecule has 0 amide bonds. The molecule has 0 saturated carbocycles. The van der Waals surface area contributed by atoms with Crippen molar-refractivity contribution in [1.29, 1.82) is 0 Å². The van der Waals surface area contributed by atoms with Crippen molar-refractivity contribution in [3.05, 3.63) is 58.1 Å². The van der Waals surface area contributed by atoms with Crippen molar-refractivity contribution in [3.8, 4) is 11.5 Å². The fourth-order valence-electron chi connectivity index (χ4n) is 1.89. The van der Waals surface area contributed by atoms with Crippen LogP contribution >= 0.6 is 15.9 Å². The molecule has 0 fully saturated rings. The molecular weight excluding hydrogens is 336 g/mol. The largest absolute Gasteiger partial charge is 0.503 e. The summed E-state index contributed by atoms with van der Waals surface area (Å²) < 4.78 is 5.49. The second-order valence-corrected chi connectivity index (χ2v) is 5.14. The fourth-order valence-corrected chi connectivity index (χ4v) is 2.35. The van der Waals surface area contributed by atoms with E-state index in [0.29, 0.717) is 15.6 Å². The van der Waals surface area contributed by atoms with Gasteiger partial charge >= 0.3 is 5.97 Å². The first-order chi connectivity index (χ1) is 10.0. The topological polar surface area (TPSA) is 66.8 Å². The molecule has 0 radical (unpaired) electrons. The predicted molar refractivity (Wildman–Crippen MR) is 84.3 cm³/mol. The first-order valence-electron chi connectivity index (χ1n) is 6.10. The highest BCUT2D eigenvalue weighted by molar-refractivity contribution is 9.10. The molecule has 2 N–H and O–H groups in total. The Labute approximate surface area is 130 Å². The zero-order valence-corrected chi connectivity index (χ0v) is 12.8. The van der Waals surface area contributed by atoms with E-state index in [2.05, 4.69) is 15.9 Å². The second-order valence-electron chi connectivity index (χ2n) is 4.28. The van der Waals surface area contributed by atoms with Gasteiger partial charge in [-0.05, 0) is 45.3 Å². The molecular formula is C16H13BrO4. The Hall–Kier alpha value is -2.27. The number of ether oxygens (including phenoxy) is 1. The Balaban J connectivity index is 2.54. The molecule has 0 spiro atoms. The molecule has 108 valence electrons.